The van der Waals surface area contributed by atoms with Crippen molar-refractivity contribution in [3.05, 3.63) is 77.3 Å². The van der Waals surface area contributed by atoms with Crippen molar-refractivity contribution in [2.45, 2.75) is 36.3 Å². The van der Waals surface area contributed by atoms with Crippen LogP contribution < -0.4 is 14.2 Å². The highest BCUT2D eigenvalue weighted by Crippen LogP contribution is 2.43. The van der Waals surface area contributed by atoms with E-state index in [2.05, 4.69) is 9.46 Å². The first-order valence-electron chi connectivity index (χ1n) is 10.3. The smallest absolute Gasteiger partial charge is 0.387 e. The third kappa shape index (κ3) is 4.98. The Morgan fingerprint density at radius 1 is 1.00 bits per heavy atom. The maximum absolute atomic E-state index is 13.0. The van der Waals surface area contributed by atoms with Crippen LogP contribution in [0, 0.1) is 0 Å². The van der Waals surface area contributed by atoms with Gasteiger partial charge in [-0.05, 0) is 72.9 Å². The first-order chi connectivity index (χ1) is 15.7. The molecule has 1 fully saturated rings. The van der Waals surface area contributed by atoms with E-state index in [-0.39, 0.29) is 10.6 Å². The van der Waals surface area contributed by atoms with Crippen LogP contribution in [-0.2, 0) is 15.6 Å². The molecule has 0 unspecified atom stereocenters. The molecule has 0 heterocycles. The Morgan fingerprint density at radius 3 is 2.21 bits per heavy atom. The minimum absolute atomic E-state index is 0.0179. The molecule has 174 valence electrons. The molecule has 9 heteroatoms. The zero-order valence-electron chi connectivity index (χ0n) is 17.7. The van der Waals surface area contributed by atoms with Crippen LogP contribution in [0.5, 0.6) is 11.5 Å². The predicted molar refractivity (Wildman–Crippen MR) is 122 cm³/mol. The molecule has 4 rings (SSSR count). The second kappa shape index (κ2) is 9.29. The van der Waals surface area contributed by atoms with Gasteiger partial charge in [0.05, 0.1) is 17.5 Å². The Balaban J connectivity index is 1.58. The molecule has 1 saturated carbocycles. The molecule has 1 aliphatic rings. The summed E-state index contributed by atoms with van der Waals surface area (Å²) in [6.45, 7) is -2.97. The zero-order chi connectivity index (χ0) is 23.6. The Hall–Kier alpha value is -2.68. The average molecular weight is 494 g/mol. The predicted octanol–water partition coefficient (Wildman–Crippen LogP) is 5.97. The second-order valence-electron chi connectivity index (χ2n) is 7.81. The highest BCUT2D eigenvalue weighted by Gasteiger charge is 2.42. The summed E-state index contributed by atoms with van der Waals surface area (Å²) in [5, 5.41) is 0.586. The van der Waals surface area contributed by atoms with Crippen LogP contribution in [-0.4, -0.2) is 22.1 Å². The molecular weight excluding hydrogens is 472 g/mol. The summed E-state index contributed by atoms with van der Waals surface area (Å²) >= 11 is 6.15. The van der Waals surface area contributed by atoms with Gasteiger partial charge >= 0.3 is 6.61 Å². The molecule has 0 radical (unpaired) electrons. The van der Waals surface area contributed by atoms with Crippen LogP contribution >= 0.6 is 11.6 Å². The lowest BCUT2D eigenvalue weighted by Crippen LogP contribution is -2.50. The summed E-state index contributed by atoms with van der Waals surface area (Å²) in [6.07, 6.45) is 2.19. The second-order valence-corrected chi connectivity index (χ2v) is 9.93. The van der Waals surface area contributed by atoms with E-state index < -0.39 is 22.2 Å². The van der Waals surface area contributed by atoms with Crippen LogP contribution in [0.25, 0.3) is 11.1 Å². The molecule has 5 nitrogen and oxygen atoms in total. The Kier molecular flexibility index (Phi) is 6.61. The molecular formula is C24H22ClF2NO4S. The fraction of sp³-hybridized carbons (Fsp3) is 0.250. The van der Waals surface area contributed by atoms with Crippen LogP contribution in [0.4, 0.5) is 8.78 Å². The molecule has 0 saturated heterocycles. The summed E-state index contributed by atoms with van der Waals surface area (Å²) in [5.41, 5.74) is 1.85. The number of sulfonamides is 1. The third-order valence-electron chi connectivity index (χ3n) is 5.81. The molecule has 0 amide bonds. The van der Waals surface area contributed by atoms with Crippen molar-refractivity contribution in [2.75, 3.05) is 7.11 Å². The number of hydrogen-bond acceptors (Lipinski definition) is 4. The van der Waals surface area contributed by atoms with Crippen molar-refractivity contribution >= 4 is 21.6 Å². The largest absolute Gasteiger partial charge is 0.496 e. The van der Waals surface area contributed by atoms with E-state index in [0.29, 0.717) is 23.6 Å². The lowest BCUT2D eigenvalue weighted by molar-refractivity contribution is -0.0498. The summed E-state index contributed by atoms with van der Waals surface area (Å²) in [5.74, 6) is 0.583. The number of halogens is 3. The first-order valence-corrected chi connectivity index (χ1v) is 12.1. The highest BCUT2D eigenvalue weighted by molar-refractivity contribution is 7.89. The molecule has 33 heavy (non-hydrogen) atoms. The maximum Gasteiger partial charge on any atom is 0.387 e. The van der Waals surface area contributed by atoms with Crippen LogP contribution in [0.1, 0.15) is 24.8 Å². The number of ether oxygens (including phenoxy) is 2. The number of nitrogens with one attached hydrogen (secondary N) is 1. The van der Waals surface area contributed by atoms with Crippen LogP contribution in [0.3, 0.4) is 0 Å². The SMILES string of the molecule is COc1ccc(Cl)cc1-c1ccc(C2(NS(=O)(=O)c3ccc(OC(F)F)cc3)CCC2)cc1. The molecule has 0 aromatic heterocycles. The molecule has 0 bridgehead atoms. The number of methoxy groups -OCH3 is 1. The normalized spacial score (nSPS) is 15.2. The lowest BCUT2D eigenvalue weighted by Gasteiger charge is -2.42. The fourth-order valence-corrected chi connectivity index (χ4v) is 5.59. The van der Waals surface area contributed by atoms with Gasteiger partial charge in [-0.3, -0.25) is 0 Å². The van der Waals surface area contributed by atoms with Crippen molar-refractivity contribution < 1.29 is 26.7 Å². The van der Waals surface area contributed by atoms with Crippen molar-refractivity contribution in [3.63, 3.8) is 0 Å². The Labute approximate surface area is 196 Å². The van der Waals surface area contributed by atoms with E-state index >= 15 is 0 Å². The van der Waals surface area contributed by atoms with Gasteiger partial charge in [0, 0.05) is 10.6 Å². The van der Waals surface area contributed by atoms with E-state index in [4.69, 9.17) is 16.3 Å². The third-order valence-corrected chi connectivity index (χ3v) is 7.59. The minimum Gasteiger partial charge on any atom is -0.496 e. The molecule has 1 aliphatic carbocycles. The average Bonchev–Trinajstić information content (AvgIpc) is 2.76. The van der Waals surface area contributed by atoms with Gasteiger partial charge in [0.1, 0.15) is 11.5 Å². The monoisotopic (exact) mass is 493 g/mol. The molecule has 0 spiro atoms. The fourth-order valence-electron chi connectivity index (χ4n) is 3.97. The highest BCUT2D eigenvalue weighted by atomic mass is 35.5. The Bertz CT molecular complexity index is 1230. The first kappa shape index (κ1) is 23.5. The Morgan fingerprint density at radius 2 is 1.67 bits per heavy atom. The molecule has 3 aromatic carbocycles. The van der Waals surface area contributed by atoms with E-state index in [9.17, 15) is 17.2 Å². The minimum atomic E-state index is -3.88. The summed E-state index contributed by atoms with van der Waals surface area (Å²) < 4.78 is 63.3. The van der Waals surface area contributed by atoms with Crippen molar-refractivity contribution in [1.82, 2.24) is 4.72 Å². The summed E-state index contributed by atoms with van der Waals surface area (Å²) in [7, 11) is -2.29. The van der Waals surface area contributed by atoms with Gasteiger partial charge in [-0.2, -0.15) is 8.78 Å². The number of hydrogen-bond donors (Lipinski definition) is 1. The number of alkyl halides is 2. The van der Waals surface area contributed by atoms with Crippen LogP contribution in [0.15, 0.2) is 71.6 Å². The van der Waals surface area contributed by atoms with E-state index in [1.54, 1.807) is 19.2 Å². The maximum atomic E-state index is 13.0. The molecule has 0 atom stereocenters. The summed E-state index contributed by atoms with van der Waals surface area (Å²) in [6, 6.07) is 17.9. The molecule has 3 aromatic rings. The van der Waals surface area contributed by atoms with Gasteiger partial charge in [0.2, 0.25) is 10.0 Å². The molecule has 1 N–H and O–H groups in total. The van der Waals surface area contributed by atoms with Gasteiger partial charge in [-0.15, -0.1) is 0 Å². The van der Waals surface area contributed by atoms with E-state index in [1.807, 2.05) is 30.3 Å². The van der Waals surface area contributed by atoms with E-state index in [1.165, 1.54) is 24.3 Å². The van der Waals surface area contributed by atoms with E-state index in [0.717, 1.165) is 23.1 Å². The van der Waals surface area contributed by atoms with Gasteiger partial charge in [-0.25, -0.2) is 13.1 Å². The van der Waals surface area contributed by atoms with Crippen LogP contribution in [0.2, 0.25) is 5.02 Å². The number of benzene rings is 3. The van der Waals surface area contributed by atoms with Gasteiger partial charge in [0.15, 0.2) is 0 Å². The zero-order valence-corrected chi connectivity index (χ0v) is 19.3. The van der Waals surface area contributed by atoms with Gasteiger partial charge < -0.3 is 9.47 Å². The van der Waals surface area contributed by atoms with Crippen molar-refractivity contribution in [1.29, 1.82) is 0 Å². The number of rotatable bonds is 8. The molecule has 0 aliphatic heterocycles. The summed E-state index contributed by atoms with van der Waals surface area (Å²) in [4.78, 5) is -0.0179. The van der Waals surface area contributed by atoms with Gasteiger partial charge in [0.25, 0.3) is 0 Å². The van der Waals surface area contributed by atoms with Crippen molar-refractivity contribution in [3.8, 4) is 22.6 Å². The quantitative estimate of drug-likeness (QED) is 0.419. The standard InChI is InChI=1S/C24H22ClF2NO4S/c1-31-22-12-7-18(25)15-21(22)16-3-5-17(6-4-16)24(13-2-14-24)28-33(29,30)20-10-8-19(9-11-20)32-23(26)27/h3-12,15,23,28H,2,13-14H2,1H3. The van der Waals surface area contributed by atoms with Crippen molar-refractivity contribution in [2.24, 2.45) is 0 Å². The topological polar surface area (TPSA) is 64.6 Å². The van der Waals surface area contributed by atoms with Gasteiger partial charge in [-0.1, -0.05) is 35.9 Å². The lowest BCUT2D eigenvalue weighted by atomic mass is 9.72.